The zero-order chi connectivity index (χ0) is 18.1. The lowest BCUT2D eigenvalue weighted by molar-refractivity contribution is 0.0698. The monoisotopic (exact) mass is 354 g/mol. The maximum Gasteiger partial charge on any atom is 0.343 e. The Kier molecular flexibility index (Phi) is 4.08. The van der Waals surface area contributed by atoms with E-state index in [2.05, 4.69) is 20.7 Å². The quantitative estimate of drug-likeness (QED) is 0.597. The van der Waals surface area contributed by atoms with Gasteiger partial charge in [-0.15, -0.1) is 0 Å². The summed E-state index contributed by atoms with van der Waals surface area (Å²) in [6.45, 7) is 0.384. The second-order valence-corrected chi connectivity index (χ2v) is 6.21. The van der Waals surface area contributed by atoms with E-state index in [0.29, 0.717) is 23.8 Å². The molecule has 26 heavy (non-hydrogen) atoms. The number of aromatic amines is 1. The molecule has 1 aromatic carbocycles. The van der Waals surface area contributed by atoms with Gasteiger partial charge < -0.3 is 19.7 Å². The molecule has 0 amide bonds. The van der Waals surface area contributed by atoms with Crippen LogP contribution in [0.3, 0.4) is 0 Å². The van der Waals surface area contributed by atoms with E-state index in [1.165, 1.54) is 12.8 Å². The van der Waals surface area contributed by atoms with Crippen LogP contribution in [0.5, 0.6) is 5.75 Å². The third-order valence-corrected chi connectivity index (χ3v) is 4.35. The van der Waals surface area contributed by atoms with E-state index < -0.39 is 5.97 Å². The number of carboxylic acids is 1. The van der Waals surface area contributed by atoms with Gasteiger partial charge in [-0.2, -0.15) is 5.10 Å². The lowest BCUT2D eigenvalue weighted by atomic mass is 10.1. The van der Waals surface area contributed by atoms with Crippen molar-refractivity contribution in [3.63, 3.8) is 0 Å². The van der Waals surface area contributed by atoms with Crippen LogP contribution in [0.2, 0.25) is 0 Å². The molecule has 0 atom stereocenters. The minimum atomic E-state index is -1.11. The third-order valence-electron chi connectivity index (χ3n) is 4.35. The molecule has 2 heterocycles. The van der Waals surface area contributed by atoms with Crippen molar-refractivity contribution in [3.05, 3.63) is 47.3 Å². The van der Waals surface area contributed by atoms with Crippen LogP contribution >= 0.6 is 0 Å². The molecule has 0 unspecified atom stereocenters. The van der Waals surface area contributed by atoms with Crippen molar-refractivity contribution in [2.24, 2.45) is 0 Å². The smallest absolute Gasteiger partial charge is 0.343 e. The van der Waals surface area contributed by atoms with Gasteiger partial charge in [0.25, 0.3) is 0 Å². The van der Waals surface area contributed by atoms with Gasteiger partial charge in [0.1, 0.15) is 5.75 Å². The van der Waals surface area contributed by atoms with Crippen molar-refractivity contribution in [2.75, 3.05) is 12.4 Å². The molecule has 0 spiro atoms. The summed E-state index contributed by atoms with van der Waals surface area (Å²) in [5.41, 5.74) is 2.54. The van der Waals surface area contributed by atoms with E-state index in [1.54, 1.807) is 31.4 Å². The summed E-state index contributed by atoms with van der Waals surface area (Å²) in [4.78, 5) is 11.7. The molecule has 1 aliphatic carbocycles. The number of ether oxygens (including phenoxy) is 1. The molecule has 0 bridgehead atoms. The molecule has 0 saturated heterocycles. The van der Waals surface area contributed by atoms with E-state index in [9.17, 15) is 9.90 Å². The molecule has 1 aliphatic rings. The summed E-state index contributed by atoms with van der Waals surface area (Å²) in [6, 6.07) is 8.93. The maximum absolute atomic E-state index is 11.7. The number of aromatic carboxylic acids is 1. The molecule has 2 aromatic heterocycles. The van der Waals surface area contributed by atoms with Crippen LogP contribution in [0.15, 0.2) is 34.9 Å². The van der Waals surface area contributed by atoms with Gasteiger partial charge in [0.2, 0.25) is 0 Å². The largest absolute Gasteiger partial charge is 0.497 e. The van der Waals surface area contributed by atoms with E-state index in [-0.39, 0.29) is 17.1 Å². The van der Waals surface area contributed by atoms with E-state index in [4.69, 9.17) is 9.26 Å². The number of nitrogens with zero attached hydrogens (tertiary/aromatic N) is 2. The molecular formula is C18H18N4O4. The SMILES string of the molecule is COc1ccc(-c2onc(NCc3cc(C4CC4)n[nH]3)c2C(=O)O)cc1. The lowest BCUT2D eigenvalue weighted by Crippen LogP contribution is -2.06. The first-order valence-corrected chi connectivity index (χ1v) is 8.31. The Morgan fingerprint density at radius 1 is 1.38 bits per heavy atom. The average Bonchev–Trinajstić information content (AvgIpc) is 3.24. The number of rotatable bonds is 7. The molecular weight excluding hydrogens is 336 g/mol. The van der Waals surface area contributed by atoms with Crippen molar-refractivity contribution in [3.8, 4) is 17.1 Å². The zero-order valence-corrected chi connectivity index (χ0v) is 14.2. The third kappa shape index (κ3) is 3.13. The highest BCUT2D eigenvalue weighted by atomic mass is 16.5. The number of H-pyrrole nitrogens is 1. The second kappa shape index (κ2) is 6.55. The Morgan fingerprint density at radius 2 is 2.15 bits per heavy atom. The number of hydrogen-bond acceptors (Lipinski definition) is 6. The maximum atomic E-state index is 11.7. The molecule has 1 saturated carbocycles. The first-order chi connectivity index (χ1) is 12.7. The predicted octanol–water partition coefficient (Wildman–Crippen LogP) is 3.26. The summed E-state index contributed by atoms with van der Waals surface area (Å²) >= 11 is 0. The van der Waals surface area contributed by atoms with Gasteiger partial charge in [-0.05, 0) is 43.2 Å². The Labute approximate surface area is 149 Å². The number of benzene rings is 1. The molecule has 8 heteroatoms. The van der Waals surface area contributed by atoms with E-state index in [1.807, 2.05) is 6.07 Å². The highest BCUT2D eigenvalue weighted by molar-refractivity contribution is 5.99. The van der Waals surface area contributed by atoms with Gasteiger partial charge in [-0.25, -0.2) is 4.79 Å². The predicted molar refractivity (Wildman–Crippen MR) is 93.3 cm³/mol. The Balaban J connectivity index is 1.55. The summed E-state index contributed by atoms with van der Waals surface area (Å²) in [5, 5.41) is 23.7. The topological polar surface area (TPSA) is 113 Å². The molecule has 1 fully saturated rings. The number of methoxy groups -OCH3 is 1. The fourth-order valence-corrected chi connectivity index (χ4v) is 2.79. The van der Waals surface area contributed by atoms with Crippen molar-refractivity contribution in [1.82, 2.24) is 15.4 Å². The molecule has 8 nitrogen and oxygen atoms in total. The molecule has 134 valence electrons. The fourth-order valence-electron chi connectivity index (χ4n) is 2.79. The molecule has 4 rings (SSSR count). The van der Waals surface area contributed by atoms with Crippen molar-refractivity contribution in [2.45, 2.75) is 25.3 Å². The molecule has 3 N–H and O–H groups in total. The second-order valence-electron chi connectivity index (χ2n) is 6.21. The minimum absolute atomic E-state index is 0.00269. The number of carbonyl (C=O) groups is 1. The lowest BCUT2D eigenvalue weighted by Gasteiger charge is -2.03. The van der Waals surface area contributed by atoms with Gasteiger partial charge in [0.05, 0.1) is 25.0 Å². The van der Waals surface area contributed by atoms with Gasteiger partial charge >= 0.3 is 5.97 Å². The number of anilines is 1. The van der Waals surface area contributed by atoms with E-state index in [0.717, 1.165) is 11.4 Å². The van der Waals surface area contributed by atoms with Crippen LogP contribution in [-0.2, 0) is 6.54 Å². The molecule has 0 radical (unpaired) electrons. The summed E-state index contributed by atoms with van der Waals surface area (Å²) < 4.78 is 10.4. The van der Waals surface area contributed by atoms with Gasteiger partial charge in [-0.3, -0.25) is 5.10 Å². The van der Waals surface area contributed by atoms with Crippen molar-refractivity contribution < 1.29 is 19.2 Å². The normalized spacial score (nSPS) is 13.6. The first kappa shape index (κ1) is 16.2. The van der Waals surface area contributed by atoms with Gasteiger partial charge in [-0.1, -0.05) is 5.16 Å². The first-order valence-electron chi connectivity index (χ1n) is 8.31. The van der Waals surface area contributed by atoms with Crippen LogP contribution < -0.4 is 10.1 Å². The van der Waals surface area contributed by atoms with E-state index >= 15 is 0 Å². The summed E-state index contributed by atoms with van der Waals surface area (Å²) in [6.07, 6.45) is 2.35. The Morgan fingerprint density at radius 3 is 2.81 bits per heavy atom. The van der Waals surface area contributed by atoms with Crippen LogP contribution in [0.4, 0.5) is 5.82 Å². The number of aromatic nitrogens is 3. The van der Waals surface area contributed by atoms with Crippen molar-refractivity contribution in [1.29, 1.82) is 0 Å². The van der Waals surface area contributed by atoms with Gasteiger partial charge in [0, 0.05) is 11.5 Å². The van der Waals surface area contributed by atoms with Crippen LogP contribution in [0, 0.1) is 0 Å². The molecule has 3 aromatic rings. The highest BCUT2D eigenvalue weighted by Gasteiger charge is 2.27. The molecule has 0 aliphatic heterocycles. The number of nitrogens with one attached hydrogen (secondary N) is 2. The average molecular weight is 354 g/mol. The minimum Gasteiger partial charge on any atom is -0.497 e. The summed E-state index contributed by atoms with van der Waals surface area (Å²) in [5.74, 6) is 0.511. The number of hydrogen-bond donors (Lipinski definition) is 3. The Bertz CT molecular complexity index is 925. The number of carboxylic acid groups (broad SMARTS) is 1. The van der Waals surface area contributed by atoms with Crippen LogP contribution in [0.1, 0.15) is 40.5 Å². The zero-order valence-electron chi connectivity index (χ0n) is 14.2. The van der Waals surface area contributed by atoms with Crippen molar-refractivity contribution >= 4 is 11.8 Å². The van der Waals surface area contributed by atoms with Gasteiger partial charge in [0.15, 0.2) is 17.1 Å². The van der Waals surface area contributed by atoms with Crippen LogP contribution in [-0.4, -0.2) is 33.5 Å². The highest BCUT2D eigenvalue weighted by Crippen LogP contribution is 2.39. The Hall–Kier alpha value is -3.29. The van der Waals surface area contributed by atoms with Crippen LogP contribution in [0.25, 0.3) is 11.3 Å². The fraction of sp³-hybridized carbons (Fsp3) is 0.278. The summed E-state index contributed by atoms with van der Waals surface area (Å²) in [7, 11) is 1.57. The standard InChI is InChI=1S/C18H18N4O4/c1-25-13-6-4-11(5-7-13)16-15(18(23)24)17(22-26-16)19-9-12-8-14(21-20-12)10-2-3-10/h4-8,10H,2-3,9H2,1H3,(H,19,22)(H,20,21)(H,23,24).